The molecule has 0 spiro atoms. The second-order valence-electron chi connectivity index (χ2n) is 7.17. The Morgan fingerprint density at radius 2 is 1.50 bits per heavy atom. The first-order chi connectivity index (χ1) is 14.9. The Hall–Kier alpha value is -3.24. The predicted octanol–water partition coefficient (Wildman–Crippen LogP) is 5.09. The summed E-state index contributed by atoms with van der Waals surface area (Å²) in [5, 5.41) is 2.42. The molecule has 0 aliphatic carbocycles. The van der Waals surface area contributed by atoms with E-state index >= 15 is 0 Å². The molecule has 11 heteroatoms. The lowest BCUT2D eigenvalue weighted by Gasteiger charge is -2.31. The minimum Gasteiger partial charge on any atom is -0.404 e. The predicted molar refractivity (Wildman–Crippen MR) is 102 cm³/mol. The van der Waals surface area contributed by atoms with Gasteiger partial charge in [0.1, 0.15) is 0 Å². The van der Waals surface area contributed by atoms with Crippen molar-refractivity contribution in [1.82, 2.24) is 4.90 Å². The molecule has 32 heavy (non-hydrogen) atoms. The van der Waals surface area contributed by atoms with Crippen molar-refractivity contribution in [3.8, 4) is 5.75 Å². The Labute approximate surface area is 179 Å². The zero-order chi connectivity index (χ0) is 23.5. The number of nitrogens with zero attached hydrogens (tertiary/aromatic N) is 1. The average Bonchev–Trinajstić information content (AvgIpc) is 2.73. The molecule has 3 rings (SSSR count). The fourth-order valence-electron chi connectivity index (χ4n) is 3.35. The maximum Gasteiger partial charge on any atom is 0.573 e. The zero-order valence-corrected chi connectivity index (χ0v) is 16.5. The Morgan fingerprint density at radius 1 is 0.906 bits per heavy atom. The van der Waals surface area contributed by atoms with Gasteiger partial charge in [-0.05, 0) is 49.2 Å². The van der Waals surface area contributed by atoms with Crippen molar-refractivity contribution in [1.29, 1.82) is 0 Å². The number of para-hydroxylation sites is 2. The number of rotatable bonds is 4. The van der Waals surface area contributed by atoms with Crippen molar-refractivity contribution >= 4 is 17.5 Å². The van der Waals surface area contributed by atoms with Crippen LogP contribution in [-0.2, 0) is 11.0 Å². The highest BCUT2D eigenvalue weighted by Gasteiger charge is 2.34. The molecule has 172 valence electrons. The molecule has 5 nitrogen and oxygen atoms in total. The molecular weight excluding hydrogens is 442 g/mol. The van der Waals surface area contributed by atoms with E-state index in [0.29, 0.717) is 0 Å². The maximum absolute atomic E-state index is 12.7. The van der Waals surface area contributed by atoms with Gasteiger partial charge in [-0.25, -0.2) is 0 Å². The highest BCUT2D eigenvalue weighted by molar-refractivity contribution is 5.96. The summed E-state index contributed by atoms with van der Waals surface area (Å²) in [5.74, 6) is -2.06. The van der Waals surface area contributed by atoms with E-state index in [4.69, 9.17) is 0 Å². The number of alkyl halides is 6. The smallest absolute Gasteiger partial charge is 0.404 e. The van der Waals surface area contributed by atoms with Gasteiger partial charge in [-0.3, -0.25) is 9.59 Å². The van der Waals surface area contributed by atoms with E-state index in [-0.39, 0.29) is 37.2 Å². The topological polar surface area (TPSA) is 58.6 Å². The number of benzene rings is 2. The Morgan fingerprint density at radius 3 is 2.06 bits per heavy atom. The molecule has 0 aromatic heterocycles. The van der Waals surface area contributed by atoms with Crippen LogP contribution < -0.4 is 10.1 Å². The molecule has 2 aromatic rings. The molecule has 1 aliphatic rings. The highest BCUT2D eigenvalue weighted by Crippen LogP contribution is 2.32. The van der Waals surface area contributed by atoms with Gasteiger partial charge in [-0.1, -0.05) is 12.1 Å². The summed E-state index contributed by atoms with van der Waals surface area (Å²) < 4.78 is 79.5. The number of carbonyl (C=O) groups excluding carboxylic acids is 2. The summed E-state index contributed by atoms with van der Waals surface area (Å²) in [5.41, 5.74) is -0.892. The lowest BCUT2D eigenvalue weighted by atomic mass is 9.95. The molecular formula is C21H18F6N2O3. The number of carbonyl (C=O) groups is 2. The van der Waals surface area contributed by atoms with Crippen LogP contribution in [0, 0.1) is 5.92 Å². The fourth-order valence-corrected chi connectivity index (χ4v) is 3.35. The number of hydrogen-bond acceptors (Lipinski definition) is 3. The van der Waals surface area contributed by atoms with Gasteiger partial charge in [0.25, 0.3) is 5.91 Å². The van der Waals surface area contributed by atoms with E-state index in [1.54, 1.807) is 0 Å². The van der Waals surface area contributed by atoms with Crippen LogP contribution >= 0.6 is 0 Å². The van der Waals surface area contributed by atoms with Gasteiger partial charge in [0.05, 0.1) is 11.3 Å². The molecule has 0 unspecified atom stereocenters. The lowest BCUT2D eigenvalue weighted by molar-refractivity contribution is -0.274. The largest absolute Gasteiger partial charge is 0.573 e. The van der Waals surface area contributed by atoms with Crippen molar-refractivity contribution in [2.75, 3.05) is 18.4 Å². The Bertz CT molecular complexity index is 965. The third-order valence-corrected chi connectivity index (χ3v) is 4.98. The Balaban J connectivity index is 1.58. The second kappa shape index (κ2) is 9.09. The fraction of sp³-hybridized carbons (Fsp3) is 0.333. The second-order valence-corrected chi connectivity index (χ2v) is 7.17. The summed E-state index contributed by atoms with van der Waals surface area (Å²) in [7, 11) is 0. The molecule has 1 N–H and O–H groups in total. The zero-order valence-electron chi connectivity index (χ0n) is 16.5. The van der Waals surface area contributed by atoms with E-state index < -0.39 is 41.6 Å². The van der Waals surface area contributed by atoms with Gasteiger partial charge in [0.2, 0.25) is 5.91 Å². The first-order valence-corrected chi connectivity index (χ1v) is 9.56. The van der Waals surface area contributed by atoms with Crippen LogP contribution in [0.5, 0.6) is 5.75 Å². The minimum absolute atomic E-state index is 0.0964. The summed E-state index contributed by atoms with van der Waals surface area (Å²) in [6.45, 7) is 0.358. The summed E-state index contributed by atoms with van der Waals surface area (Å²) in [6, 6.07) is 8.99. The molecule has 0 saturated carbocycles. The van der Waals surface area contributed by atoms with Gasteiger partial charge in [0.15, 0.2) is 5.75 Å². The molecule has 2 amide bonds. The molecule has 0 bridgehead atoms. The SMILES string of the molecule is O=C(Nc1ccccc1OC(F)(F)F)C1CCN(C(=O)c2ccc(C(F)(F)F)cc2)CC1. The van der Waals surface area contributed by atoms with E-state index in [1.807, 2.05) is 0 Å². The van der Waals surface area contributed by atoms with E-state index in [9.17, 15) is 35.9 Å². The minimum atomic E-state index is -4.91. The summed E-state index contributed by atoms with van der Waals surface area (Å²) in [4.78, 5) is 26.5. The normalized spacial score (nSPS) is 15.4. The standard InChI is InChI=1S/C21H18F6N2O3/c22-20(23,24)15-7-5-14(6-8-15)19(31)29-11-9-13(10-12-29)18(30)28-16-3-1-2-4-17(16)32-21(25,26)27/h1-8,13H,9-12H2,(H,28,30). The number of ether oxygens (including phenoxy) is 1. The molecule has 1 saturated heterocycles. The van der Waals surface area contributed by atoms with Crippen LogP contribution in [-0.4, -0.2) is 36.2 Å². The van der Waals surface area contributed by atoms with Gasteiger partial charge >= 0.3 is 12.5 Å². The number of hydrogen-bond donors (Lipinski definition) is 1. The van der Waals surface area contributed by atoms with Crippen LogP contribution in [0.1, 0.15) is 28.8 Å². The average molecular weight is 460 g/mol. The number of piperidine rings is 1. The number of amides is 2. The van der Waals surface area contributed by atoms with Gasteiger partial charge < -0.3 is 15.0 Å². The molecule has 1 fully saturated rings. The van der Waals surface area contributed by atoms with Crippen molar-refractivity contribution in [2.45, 2.75) is 25.4 Å². The number of likely N-dealkylation sites (tertiary alicyclic amines) is 1. The van der Waals surface area contributed by atoms with E-state index in [2.05, 4.69) is 10.1 Å². The molecule has 0 radical (unpaired) electrons. The van der Waals surface area contributed by atoms with Crippen LogP contribution in [0.2, 0.25) is 0 Å². The van der Waals surface area contributed by atoms with E-state index in [0.717, 1.165) is 30.3 Å². The monoisotopic (exact) mass is 460 g/mol. The number of anilines is 1. The van der Waals surface area contributed by atoms with Crippen LogP contribution in [0.4, 0.5) is 32.0 Å². The first kappa shape index (κ1) is 23.4. The maximum atomic E-state index is 12.7. The molecule has 2 aromatic carbocycles. The number of halogens is 6. The van der Waals surface area contributed by atoms with Crippen molar-refractivity contribution in [3.63, 3.8) is 0 Å². The van der Waals surface area contributed by atoms with Crippen LogP contribution in [0.3, 0.4) is 0 Å². The first-order valence-electron chi connectivity index (χ1n) is 9.56. The van der Waals surface area contributed by atoms with E-state index in [1.165, 1.54) is 23.1 Å². The van der Waals surface area contributed by atoms with Crippen molar-refractivity contribution < 1.29 is 40.7 Å². The van der Waals surface area contributed by atoms with Gasteiger partial charge in [-0.15, -0.1) is 13.2 Å². The number of nitrogens with one attached hydrogen (secondary N) is 1. The quantitative estimate of drug-likeness (QED) is 0.647. The third-order valence-electron chi connectivity index (χ3n) is 4.98. The van der Waals surface area contributed by atoms with Crippen molar-refractivity contribution in [2.24, 2.45) is 5.92 Å². The van der Waals surface area contributed by atoms with Crippen LogP contribution in [0.15, 0.2) is 48.5 Å². The molecule has 0 atom stereocenters. The summed E-state index contributed by atoms with van der Waals surface area (Å²) >= 11 is 0. The summed E-state index contributed by atoms with van der Waals surface area (Å²) in [6.07, 6.45) is -8.91. The highest BCUT2D eigenvalue weighted by atomic mass is 19.4. The lowest BCUT2D eigenvalue weighted by Crippen LogP contribution is -2.41. The van der Waals surface area contributed by atoms with Crippen LogP contribution in [0.25, 0.3) is 0 Å². The Kier molecular flexibility index (Phi) is 6.65. The van der Waals surface area contributed by atoms with Gasteiger partial charge in [-0.2, -0.15) is 13.2 Å². The van der Waals surface area contributed by atoms with Gasteiger partial charge in [0, 0.05) is 24.6 Å². The third kappa shape index (κ3) is 5.92. The molecule has 1 heterocycles. The van der Waals surface area contributed by atoms with Crippen molar-refractivity contribution in [3.05, 3.63) is 59.7 Å². The molecule has 1 aliphatic heterocycles.